The summed E-state index contributed by atoms with van der Waals surface area (Å²) < 4.78 is 15.6. The van der Waals surface area contributed by atoms with E-state index in [0.717, 1.165) is 5.69 Å². The number of nitrogens with zero attached hydrogens (tertiary/aromatic N) is 3. The number of primary amides is 1. The summed E-state index contributed by atoms with van der Waals surface area (Å²) in [6, 6.07) is 3.43. The monoisotopic (exact) mass is 392 g/mol. The molecule has 27 heavy (non-hydrogen) atoms. The number of rotatable bonds is 4. The summed E-state index contributed by atoms with van der Waals surface area (Å²) in [5.74, 6) is -0.441. The largest absolute Gasteiger partial charge is 0.369 e. The number of allylic oxidation sites excluding steroid dienone is 3. The number of amides is 2. The third-order valence-electron chi connectivity index (χ3n) is 4.96. The molecule has 1 atom stereocenters. The van der Waals surface area contributed by atoms with E-state index in [1.54, 1.807) is 30.2 Å². The zero-order valence-electron chi connectivity index (χ0n) is 15.1. The first kappa shape index (κ1) is 19.4. The van der Waals surface area contributed by atoms with Gasteiger partial charge in [0.25, 0.3) is 0 Å². The van der Waals surface area contributed by atoms with Crippen LogP contribution >= 0.6 is 11.6 Å². The average molecular weight is 393 g/mol. The van der Waals surface area contributed by atoms with Crippen LogP contribution in [0, 0.1) is 0 Å². The molecule has 1 aromatic heterocycles. The normalized spacial score (nSPS) is 22.9. The zero-order valence-corrected chi connectivity index (χ0v) is 15.9. The van der Waals surface area contributed by atoms with Crippen LogP contribution in [0.15, 0.2) is 41.1 Å². The molecular weight excluding hydrogens is 371 g/mol. The Labute approximate surface area is 162 Å². The van der Waals surface area contributed by atoms with Gasteiger partial charge in [0.05, 0.1) is 22.6 Å². The molecule has 0 radical (unpaired) electrons. The molecule has 6 nitrogen and oxygen atoms in total. The molecule has 2 heterocycles. The van der Waals surface area contributed by atoms with Gasteiger partial charge in [-0.3, -0.25) is 14.6 Å². The minimum atomic E-state index is -1.97. The molecule has 1 aliphatic heterocycles. The standard InChI is InChI=1S/C19H22ClFN4O2/c1-13(26)24-6-8-25(9-7-24)15-3-5-17(23-12-15)19(21)11-14(10-18(22)27)2-4-16(19)20/h2-5,12H,6-11H2,1H3,(H2,22,27). The number of pyridine rings is 1. The van der Waals surface area contributed by atoms with Crippen LogP contribution in [-0.2, 0) is 15.3 Å². The molecule has 1 saturated heterocycles. The minimum absolute atomic E-state index is 0.00908. The number of carbonyl (C=O) groups excluding carboxylic acids is 2. The molecule has 8 heteroatoms. The van der Waals surface area contributed by atoms with Gasteiger partial charge in [-0.2, -0.15) is 0 Å². The van der Waals surface area contributed by atoms with E-state index >= 15 is 4.39 Å². The molecule has 3 rings (SSSR count). The van der Waals surface area contributed by atoms with E-state index in [0.29, 0.717) is 31.8 Å². The topological polar surface area (TPSA) is 79.5 Å². The summed E-state index contributed by atoms with van der Waals surface area (Å²) in [7, 11) is 0. The summed E-state index contributed by atoms with van der Waals surface area (Å²) in [4.78, 5) is 30.8. The summed E-state index contributed by atoms with van der Waals surface area (Å²) in [6.07, 6.45) is 4.66. The lowest BCUT2D eigenvalue weighted by Gasteiger charge is -2.35. The third-order valence-corrected chi connectivity index (χ3v) is 5.39. The van der Waals surface area contributed by atoms with Gasteiger partial charge < -0.3 is 15.5 Å². The van der Waals surface area contributed by atoms with Gasteiger partial charge in [-0.15, -0.1) is 0 Å². The minimum Gasteiger partial charge on any atom is -0.369 e. The van der Waals surface area contributed by atoms with Crippen molar-refractivity contribution in [2.75, 3.05) is 31.1 Å². The highest BCUT2D eigenvalue weighted by Crippen LogP contribution is 2.44. The third kappa shape index (κ3) is 4.13. The van der Waals surface area contributed by atoms with E-state index in [1.165, 1.54) is 6.08 Å². The Morgan fingerprint density at radius 2 is 1.96 bits per heavy atom. The van der Waals surface area contributed by atoms with Gasteiger partial charge in [0, 0.05) is 45.9 Å². The molecule has 0 spiro atoms. The first-order chi connectivity index (χ1) is 12.8. The van der Waals surface area contributed by atoms with Crippen LogP contribution in [0.1, 0.15) is 25.5 Å². The van der Waals surface area contributed by atoms with Crippen LogP contribution in [-0.4, -0.2) is 47.9 Å². The highest BCUT2D eigenvalue weighted by molar-refractivity contribution is 6.31. The number of hydrogen-bond donors (Lipinski definition) is 1. The maximum absolute atomic E-state index is 15.6. The Hall–Kier alpha value is -2.41. The van der Waals surface area contributed by atoms with Crippen molar-refractivity contribution in [1.29, 1.82) is 0 Å². The van der Waals surface area contributed by atoms with Crippen molar-refractivity contribution in [2.45, 2.75) is 25.4 Å². The molecule has 1 unspecified atom stereocenters. The second-order valence-corrected chi connectivity index (χ2v) is 7.26. The predicted octanol–water partition coefficient (Wildman–Crippen LogP) is 2.24. The quantitative estimate of drug-likeness (QED) is 0.852. The van der Waals surface area contributed by atoms with Crippen molar-refractivity contribution in [3.05, 3.63) is 46.8 Å². The molecule has 2 N–H and O–H groups in total. The molecule has 2 aliphatic rings. The van der Waals surface area contributed by atoms with Crippen molar-refractivity contribution in [3.8, 4) is 0 Å². The summed E-state index contributed by atoms with van der Waals surface area (Å²) in [5, 5.41) is 0.0334. The molecule has 0 bridgehead atoms. The van der Waals surface area contributed by atoms with Gasteiger partial charge >= 0.3 is 0 Å². The number of nitrogens with two attached hydrogens (primary N) is 1. The van der Waals surface area contributed by atoms with Gasteiger partial charge in [0.1, 0.15) is 0 Å². The van der Waals surface area contributed by atoms with E-state index in [-0.39, 0.29) is 29.5 Å². The fourth-order valence-electron chi connectivity index (χ4n) is 3.42. The SMILES string of the molecule is CC(=O)N1CCN(c2ccc(C3(F)CC(CC(N)=O)=CC=C3Cl)nc2)CC1. The van der Waals surface area contributed by atoms with E-state index < -0.39 is 11.6 Å². The molecule has 0 saturated carbocycles. The summed E-state index contributed by atoms with van der Waals surface area (Å²) >= 11 is 6.13. The number of halogens is 2. The maximum Gasteiger partial charge on any atom is 0.221 e. The molecule has 0 aromatic carbocycles. The van der Waals surface area contributed by atoms with Crippen LogP contribution in [0.4, 0.5) is 10.1 Å². The second-order valence-electron chi connectivity index (χ2n) is 6.86. The van der Waals surface area contributed by atoms with E-state index in [4.69, 9.17) is 17.3 Å². The van der Waals surface area contributed by atoms with Gasteiger partial charge in [0.2, 0.25) is 11.8 Å². The molecule has 1 aromatic rings. The first-order valence-corrected chi connectivity index (χ1v) is 9.17. The Kier molecular flexibility index (Phi) is 5.51. The van der Waals surface area contributed by atoms with Crippen LogP contribution < -0.4 is 10.6 Å². The second kappa shape index (κ2) is 7.68. The number of carbonyl (C=O) groups is 2. The number of piperazine rings is 1. The lowest BCUT2D eigenvalue weighted by atomic mass is 9.86. The van der Waals surface area contributed by atoms with Gasteiger partial charge in [-0.25, -0.2) is 4.39 Å². The summed E-state index contributed by atoms with van der Waals surface area (Å²) in [5.41, 5.74) is 4.90. The van der Waals surface area contributed by atoms with Crippen LogP contribution in [0.3, 0.4) is 0 Å². The van der Waals surface area contributed by atoms with E-state index in [9.17, 15) is 9.59 Å². The summed E-state index contributed by atoms with van der Waals surface area (Å²) in [6.45, 7) is 4.27. The molecule has 144 valence electrons. The highest BCUT2D eigenvalue weighted by Gasteiger charge is 2.40. The smallest absolute Gasteiger partial charge is 0.221 e. The van der Waals surface area contributed by atoms with Crippen molar-refractivity contribution in [3.63, 3.8) is 0 Å². The number of aromatic nitrogens is 1. The number of hydrogen-bond acceptors (Lipinski definition) is 4. The highest BCUT2D eigenvalue weighted by atomic mass is 35.5. The van der Waals surface area contributed by atoms with E-state index in [2.05, 4.69) is 9.88 Å². The van der Waals surface area contributed by atoms with Gasteiger partial charge in [-0.1, -0.05) is 23.3 Å². The number of alkyl halides is 1. The van der Waals surface area contributed by atoms with Crippen LogP contribution in [0.5, 0.6) is 0 Å². The van der Waals surface area contributed by atoms with Crippen LogP contribution in [0.2, 0.25) is 0 Å². The Balaban J connectivity index is 1.73. The Morgan fingerprint density at radius 3 is 2.52 bits per heavy atom. The van der Waals surface area contributed by atoms with Crippen molar-refractivity contribution in [2.24, 2.45) is 5.73 Å². The Morgan fingerprint density at radius 1 is 1.26 bits per heavy atom. The van der Waals surface area contributed by atoms with E-state index in [1.807, 2.05) is 6.07 Å². The van der Waals surface area contributed by atoms with Crippen molar-refractivity contribution in [1.82, 2.24) is 9.88 Å². The van der Waals surface area contributed by atoms with Crippen molar-refractivity contribution < 1.29 is 14.0 Å². The lowest BCUT2D eigenvalue weighted by molar-refractivity contribution is -0.129. The molecule has 1 fully saturated rings. The van der Waals surface area contributed by atoms with Gasteiger partial charge in [0.15, 0.2) is 5.67 Å². The maximum atomic E-state index is 15.6. The lowest BCUT2D eigenvalue weighted by Crippen LogP contribution is -2.48. The van der Waals surface area contributed by atoms with Gasteiger partial charge in [-0.05, 0) is 18.2 Å². The first-order valence-electron chi connectivity index (χ1n) is 8.79. The zero-order chi connectivity index (χ0) is 19.6. The number of anilines is 1. The molecule has 1 aliphatic carbocycles. The Bertz CT molecular complexity index is 800. The molecule has 2 amide bonds. The fourth-order valence-corrected chi connectivity index (χ4v) is 3.65. The fraction of sp³-hybridized carbons (Fsp3) is 0.421. The average Bonchev–Trinajstić information content (AvgIpc) is 2.64. The van der Waals surface area contributed by atoms with Crippen molar-refractivity contribution >= 4 is 29.1 Å². The predicted molar refractivity (Wildman–Crippen MR) is 102 cm³/mol. The van der Waals surface area contributed by atoms with Crippen LogP contribution in [0.25, 0.3) is 0 Å². The molecular formula is C19H22ClFN4O2.